The van der Waals surface area contributed by atoms with Gasteiger partial charge in [0.05, 0.1) is 18.8 Å². The molecular weight excluding hydrogens is 460 g/mol. The van der Waals surface area contributed by atoms with Crippen LogP contribution in [0.4, 0.5) is 0 Å². The van der Waals surface area contributed by atoms with Gasteiger partial charge in [0.2, 0.25) is 17.7 Å². The molecule has 0 aliphatic rings. The second-order valence-electron chi connectivity index (χ2n) is 8.52. The van der Waals surface area contributed by atoms with Crippen molar-refractivity contribution in [2.45, 2.75) is 63.9 Å². The Labute approximate surface area is 201 Å². The summed E-state index contributed by atoms with van der Waals surface area (Å²) in [5, 5.41) is 26.6. The van der Waals surface area contributed by atoms with Crippen LogP contribution in [0.3, 0.4) is 0 Å². The second-order valence-corrected chi connectivity index (χ2v) is 8.52. The highest BCUT2D eigenvalue weighted by atomic mass is 16.4. The highest BCUT2D eigenvalue weighted by Gasteiger charge is 2.32. The third-order valence-electron chi connectivity index (χ3n) is 5.27. The topological polar surface area (TPSA) is 228 Å². The molecule has 0 radical (unpaired) electrons. The minimum Gasteiger partial charge on any atom is -0.480 e. The number of imidazole rings is 2. The molecule has 14 nitrogen and oxygen atoms in total. The summed E-state index contributed by atoms with van der Waals surface area (Å²) in [6.07, 6.45) is 4.55. The summed E-state index contributed by atoms with van der Waals surface area (Å²) in [5.41, 5.74) is 6.73. The van der Waals surface area contributed by atoms with Crippen LogP contribution in [0.1, 0.15) is 32.2 Å². The number of carbonyl (C=O) groups is 4. The van der Waals surface area contributed by atoms with E-state index in [4.69, 9.17) is 5.73 Å². The summed E-state index contributed by atoms with van der Waals surface area (Å²) in [6.45, 7) is 4.71. The lowest BCUT2D eigenvalue weighted by molar-refractivity contribution is -0.142. The van der Waals surface area contributed by atoms with E-state index >= 15 is 0 Å². The fraction of sp³-hybridized carbons (Fsp3) is 0.524. The molecule has 0 fully saturated rings. The van der Waals surface area contributed by atoms with E-state index in [2.05, 4.69) is 35.9 Å². The Balaban J connectivity index is 2.15. The lowest BCUT2D eigenvalue weighted by atomic mass is 10.0. The number of carbonyl (C=O) groups excluding carboxylic acids is 3. The smallest absolute Gasteiger partial charge is 0.326 e. The van der Waals surface area contributed by atoms with Crippen molar-refractivity contribution in [3.8, 4) is 0 Å². The molecule has 5 unspecified atom stereocenters. The van der Waals surface area contributed by atoms with Crippen LogP contribution in [0.15, 0.2) is 25.0 Å². The maximum absolute atomic E-state index is 13.1. The number of hydrogen-bond acceptors (Lipinski definition) is 8. The molecule has 192 valence electrons. The van der Waals surface area contributed by atoms with E-state index in [-0.39, 0.29) is 12.8 Å². The first-order chi connectivity index (χ1) is 16.5. The van der Waals surface area contributed by atoms with Crippen molar-refractivity contribution < 1.29 is 29.4 Å². The van der Waals surface area contributed by atoms with Gasteiger partial charge in [-0.3, -0.25) is 14.4 Å². The number of aromatic nitrogens is 4. The summed E-state index contributed by atoms with van der Waals surface area (Å²) < 4.78 is 0. The van der Waals surface area contributed by atoms with Gasteiger partial charge in [-0.05, 0) is 12.8 Å². The molecule has 35 heavy (non-hydrogen) atoms. The number of rotatable bonds is 13. The van der Waals surface area contributed by atoms with Gasteiger partial charge in [-0.1, -0.05) is 13.8 Å². The van der Waals surface area contributed by atoms with Crippen LogP contribution >= 0.6 is 0 Å². The van der Waals surface area contributed by atoms with Gasteiger partial charge < -0.3 is 41.9 Å². The standard InChI is InChI=1S/C21H32N8O6/c1-10(2)17(20(33)28-15(21(34)35)5-13-7-24-9-26-13)29-18(31)14(4-12-6-23-8-25-12)27-19(32)16(22)11(3)30/h6-11,14-17,30H,4-5,22H2,1-3H3,(H,23,25)(H,24,26)(H,27,32)(H,28,33)(H,29,31)(H,34,35). The SMILES string of the molecule is CC(C)C(NC(=O)C(Cc1cnc[nH]1)NC(=O)C(N)C(C)O)C(=O)NC(Cc1cnc[nH]1)C(=O)O. The van der Waals surface area contributed by atoms with Crippen LogP contribution in [-0.2, 0) is 32.0 Å². The molecule has 5 atom stereocenters. The van der Waals surface area contributed by atoms with Gasteiger partial charge in [-0.2, -0.15) is 0 Å². The molecule has 0 bridgehead atoms. The zero-order chi connectivity index (χ0) is 26.1. The molecule has 2 rings (SSSR count). The van der Waals surface area contributed by atoms with E-state index in [1.165, 1.54) is 32.0 Å². The number of carboxylic acids is 1. The second kappa shape index (κ2) is 12.6. The monoisotopic (exact) mass is 492 g/mol. The van der Waals surface area contributed by atoms with Crippen LogP contribution < -0.4 is 21.7 Å². The molecule has 0 aliphatic heterocycles. The molecule has 2 heterocycles. The fourth-order valence-electron chi connectivity index (χ4n) is 3.18. The number of amides is 3. The number of carboxylic acid groups (broad SMARTS) is 1. The molecule has 0 aliphatic carbocycles. The molecule has 0 saturated carbocycles. The first-order valence-corrected chi connectivity index (χ1v) is 11.0. The van der Waals surface area contributed by atoms with Gasteiger partial charge >= 0.3 is 5.97 Å². The minimum absolute atomic E-state index is 0.00805. The normalized spacial score (nSPS) is 15.5. The van der Waals surface area contributed by atoms with Gasteiger partial charge in [0, 0.05) is 36.6 Å². The molecule has 0 saturated heterocycles. The molecular formula is C21H32N8O6. The number of nitrogens with two attached hydrogens (primary N) is 1. The highest BCUT2D eigenvalue weighted by molar-refractivity contribution is 5.94. The van der Waals surface area contributed by atoms with E-state index in [0.717, 1.165) is 0 Å². The zero-order valence-corrected chi connectivity index (χ0v) is 19.7. The zero-order valence-electron chi connectivity index (χ0n) is 19.7. The molecule has 3 amide bonds. The molecule has 9 N–H and O–H groups in total. The molecule has 0 aromatic carbocycles. The number of nitrogens with one attached hydrogen (secondary N) is 5. The lowest BCUT2D eigenvalue weighted by Gasteiger charge is -2.27. The summed E-state index contributed by atoms with van der Waals surface area (Å²) in [4.78, 5) is 63.5. The minimum atomic E-state index is -1.27. The molecule has 2 aromatic heterocycles. The number of aliphatic hydroxyl groups excluding tert-OH is 1. The summed E-state index contributed by atoms with van der Waals surface area (Å²) >= 11 is 0. The molecule has 0 spiro atoms. The summed E-state index contributed by atoms with van der Waals surface area (Å²) in [6, 6.07) is -4.78. The van der Waals surface area contributed by atoms with Crippen molar-refractivity contribution in [3.63, 3.8) is 0 Å². The van der Waals surface area contributed by atoms with Gasteiger partial charge in [0.1, 0.15) is 24.2 Å². The van der Waals surface area contributed by atoms with Crippen molar-refractivity contribution in [1.29, 1.82) is 0 Å². The Bertz CT molecular complexity index is 976. The maximum atomic E-state index is 13.1. The Kier molecular flexibility index (Phi) is 9.90. The third-order valence-corrected chi connectivity index (χ3v) is 5.27. The number of aliphatic carboxylic acids is 1. The van der Waals surface area contributed by atoms with E-state index in [0.29, 0.717) is 11.4 Å². The number of aliphatic hydroxyl groups is 1. The Morgan fingerprint density at radius 2 is 1.40 bits per heavy atom. The van der Waals surface area contributed by atoms with Gasteiger partial charge in [-0.15, -0.1) is 0 Å². The number of hydrogen-bond donors (Lipinski definition) is 8. The van der Waals surface area contributed by atoms with Crippen LogP contribution in [0.25, 0.3) is 0 Å². The van der Waals surface area contributed by atoms with Crippen LogP contribution in [0.2, 0.25) is 0 Å². The van der Waals surface area contributed by atoms with E-state index in [1.54, 1.807) is 13.8 Å². The molecule has 2 aromatic rings. The first kappa shape index (κ1) is 27.5. The average molecular weight is 493 g/mol. The lowest BCUT2D eigenvalue weighted by Crippen LogP contribution is -2.59. The van der Waals surface area contributed by atoms with Gasteiger partial charge in [-0.25, -0.2) is 14.8 Å². The van der Waals surface area contributed by atoms with E-state index < -0.39 is 59.9 Å². The third kappa shape index (κ3) is 8.19. The van der Waals surface area contributed by atoms with Crippen molar-refractivity contribution >= 4 is 23.7 Å². The average Bonchev–Trinajstić information content (AvgIpc) is 3.49. The predicted molar refractivity (Wildman–Crippen MR) is 123 cm³/mol. The van der Waals surface area contributed by atoms with E-state index in [1.807, 2.05) is 0 Å². The Morgan fingerprint density at radius 1 is 0.886 bits per heavy atom. The van der Waals surface area contributed by atoms with Gasteiger partial charge in [0.15, 0.2) is 0 Å². The van der Waals surface area contributed by atoms with Crippen LogP contribution in [-0.4, -0.2) is 84.1 Å². The molecule has 14 heteroatoms. The van der Waals surface area contributed by atoms with Gasteiger partial charge in [0.25, 0.3) is 0 Å². The summed E-state index contributed by atoms with van der Waals surface area (Å²) in [5.74, 6) is -3.81. The Hall–Kier alpha value is -3.78. The number of aromatic amines is 2. The van der Waals surface area contributed by atoms with Crippen molar-refractivity contribution in [2.24, 2.45) is 11.7 Å². The highest BCUT2D eigenvalue weighted by Crippen LogP contribution is 2.07. The number of H-pyrrole nitrogens is 2. The maximum Gasteiger partial charge on any atom is 0.326 e. The summed E-state index contributed by atoms with van der Waals surface area (Å²) in [7, 11) is 0. The van der Waals surface area contributed by atoms with Crippen LogP contribution in [0, 0.1) is 5.92 Å². The van der Waals surface area contributed by atoms with Crippen molar-refractivity contribution in [1.82, 2.24) is 35.9 Å². The number of nitrogens with zero attached hydrogens (tertiary/aromatic N) is 2. The van der Waals surface area contributed by atoms with Crippen LogP contribution in [0.5, 0.6) is 0 Å². The predicted octanol–water partition coefficient (Wildman–Crippen LogP) is -2.18. The Morgan fingerprint density at radius 3 is 1.83 bits per heavy atom. The first-order valence-electron chi connectivity index (χ1n) is 11.0. The van der Waals surface area contributed by atoms with E-state index in [9.17, 15) is 29.4 Å². The quantitative estimate of drug-likeness (QED) is 0.152. The van der Waals surface area contributed by atoms with Crippen molar-refractivity contribution in [2.75, 3.05) is 0 Å². The fourth-order valence-corrected chi connectivity index (χ4v) is 3.18. The van der Waals surface area contributed by atoms with Crippen molar-refractivity contribution in [3.05, 3.63) is 36.4 Å². The largest absolute Gasteiger partial charge is 0.480 e.